The normalized spacial score (nSPS) is 13.3. The number of rotatable bonds is 5. The molecular weight excluding hydrogens is 356 g/mol. The van der Waals surface area contributed by atoms with Crippen LogP contribution in [0.2, 0.25) is 0 Å². The van der Waals surface area contributed by atoms with Crippen LogP contribution in [0.25, 0.3) is 11.1 Å². The molecule has 6 heteroatoms. The Morgan fingerprint density at radius 2 is 1.57 bits per heavy atom. The Bertz CT molecular complexity index is 974. The molecule has 2 N–H and O–H groups in total. The molecule has 1 aromatic heterocycles. The number of aromatic nitrogens is 1. The van der Waals surface area contributed by atoms with Gasteiger partial charge in [-0.3, -0.25) is 4.98 Å². The SMILES string of the molecule is O=C(NC(C(=O)O)c1ccccn1)OCC1c2ccccc2-c2ccccc21. The van der Waals surface area contributed by atoms with Crippen molar-refractivity contribution in [2.75, 3.05) is 6.61 Å². The molecule has 1 aliphatic carbocycles. The lowest BCUT2D eigenvalue weighted by molar-refractivity contribution is -0.139. The third-order valence-corrected chi connectivity index (χ3v) is 4.84. The Morgan fingerprint density at radius 1 is 0.964 bits per heavy atom. The average Bonchev–Trinajstić information content (AvgIpc) is 3.05. The molecule has 0 aliphatic heterocycles. The Kier molecular flexibility index (Phi) is 4.76. The van der Waals surface area contributed by atoms with Gasteiger partial charge in [0, 0.05) is 12.1 Å². The topological polar surface area (TPSA) is 88.5 Å². The molecular formula is C22H18N2O4. The standard InChI is InChI=1S/C22H18N2O4/c25-21(26)20(19-11-5-6-12-23-19)24-22(27)28-13-18-16-9-3-1-7-14(16)15-8-2-4-10-17(15)18/h1-12,18,20H,13H2,(H,24,27)(H,25,26). The van der Waals surface area contributed by atoms with Crippen LogP contribution in [-0.2, 0) is 9.53 Å². The summed E-state index contributed by atoms with van der Waals surface area (Å²) in [6.45, 7) is 0.119. The van der Waals surface area contributed by atoms with Gasteiger partial charge >= 0.3 is 12.1 Å². The fourth-order valence-corrected chi connectivity index (χ4v) is 3.57. The van der Waals surface area contributed by atoms with Crippen LogP contribution in [0.5, 0.6) is 0 Å². The first-order chi connectivity index (χ1) is 13.6. The van der Waals surface area contributed by atoms with Gasteiger partial charge < -0.3 is 15.2 Å². The molecule has 140 valence electrons. The number of amides is 1. The number of aliphatic carboxylic acids is 1. The van der Waals surface area contributed by atoms with E-state index in [-0.39, 0.29) is 18.2 Å². The van der Waals surface area contributed by atoms with E-state index in [1.807, 2.05) is 36.4 Å². The first-order valence-corrected chi connectivity index (χ1v) is 8.90. The van der Waals surface area contributed by atoms with E-state index in [9.17, 15) is 14.7 Å². The maximum absolute atomic E-state index is 12.3. The number of nitrogens with one attached hydrogen (secondary N) is 1. The highest BCUT2D eigenvalue weighted by Crippen LogP contribution is 2.44. The predicted octanol–water partition coefficient (Wildman–Crippen LogP) is 3.75. The van der Waals surface area contributed by atoms with Gasteiger partial charge in [0.15, 0.2) is 6.04 Å². The number of carbonyl (C=O) groups is 2. The Balaban J connectivity index is 1.49. The van der Waals surface area contributed by atoms with Crippen LogP contribution in [0, 0.1) is 0 Å². The van der Waals surface area contributed by atoms with Crippen molar-refractivity contribution in [1.82, 2.24) is 10.3 Å². The van der Waals surface area contributed by atoms with Gasteiger partial charge in [0.25, 0.3) is 0 Å². The molecule has 28 heavy (non-hydrogen) atoms. The van der Waals surface area contributed by atoms with E-state index >= 15 is 0 Å². The van der Waals surface area contributed by atoms with Crippen molar-refractivity contribution in [2.24, 2.45) is 0 Å². The second kappa shape index (κ2) is 7.52. The lowest BCUT2D eigenvalue weighted by Gasteiger charge is -2.17. The number of pyridine rings is 1. The largest absolute Gasteiger partial charge is 0.479 e. The van der Waals surface area contributed by atoms with Crippen molar-refractivity contribution >= 4 is 12.1 Å². The predicted molar refractivity (Wildman–Crippen MR) is 103 cm³/mol. The molecule has 0 fully saturated rings. The molecule has 0 radical (unpaired) electrons. The summed E-state index contributed by atoms with van der Waals surface area (Å²) in [5.74, 6) is -1.29. The first kappa shape index (κ1) is 17.7. The van der Waals surface area contributed by atoms with Crippen molar-refractivity contribution in [3.63, 3.8) is 0 Å². The van der Waals surface area contributed by atoms with Crippen molar-refractivity contribution in [2.45, 2.75) is 12.0 Å². The number of carbonyl (C=O) groups excluding carboxylic acids is 1. The van der Waals surface area contributed by atoms with Crippen LogP contribution < -0.4 is 5.32 Å². The molecule has 0 saturated carbocycles. The number of ether oxygens (including phenoxy) is 1. The molecule has 2 aromatic carbocycles. The Morgan fingerprint density at radius 3 is 2.14 bits per heavy atom. The zero-order valence-corrected chi connectivity index (χ0v) is 14.9. The summed E-state index contributed by atoms with van der Waals surface area (Å²) in [7, 11) is 0. The van der Waals surface area contributed by atoms with Crippen LogP contribution in [0.15, 0.2) is 72.9 Å². The number of carboxylic acids is 1. The van der Waals surface area contributed by atoms with Gasteiger partial charge in [0.2, 0.25) is 0 Å². The lowest BCUT2D eigenvalue weighted by Crippen LogP contribution is -2.35. The molecule has 1 heterocycles. The van der Waals surface area contributed by atoms with E-state index in [0.717, 1.165) is 22.3 Å². The number of benzene rings is 2. The molecule has 1 aliphatic rings. The zero-order chi connectivity index (χ0) is 19.5. The molecule has 4 rings (SSSR count). The fraction of sp³-hybridized carbons (Fsp3) is 0.136. The maximum atomic E-state index is 12.3. The zero-order valence-electron chi connectivity index (χ0n) is 14.9. The van der Waals surface area contributed by atoms with Crippen LogP contribution in [-0.4, -0.2) is 28.8 Å². The van der Waals surface area contributed by atoms with Crippen molar-refractivity contribution in [3.05, 3.63) is 89.7 Å². The summed E-state index contributed by atoms with van der Waals surface area (Å²) in [4.78, 5) is 27.8. The van der Waals surface area contributed by atoms with Gasteiger partial charge in [-0.15, -0.1) is 0 Å². The van der Waals surface area contributed by atoms with Gasteiger partial charge in [0.1, 0.15) is 6.61 Å². The van der Waals surface area contributed by atoms with Crippen molar-refractivity contribution in [1.29, 1.82) is 0 Å². The van der Waals surface area contributed by atoms with E-state index in [1.165, 1.54) is 6.20 Å². The van der Waals surface area contributed by atoms with Crippen LogP contribution in [0.1, 0.15) is 28.8 Å². The fourth-order valence-electron chi connectivity index (χ4n) is 3.57. The highest BCUT2D eigenvalue weighted by molar-refractivity contribution is 5.81. The summed E-state index contributed by atoms with van der Waals surface area (Å²) < 4.78 is 5.40. The summed E-state index contributed by atoms with van der Waals surface area (Å²) in [5.41, 5.74) is 4.68. The Labute approximate surface area is 161 Å². The molecule has 1 amide bonds. The molecule has 1 unspecified atom stereocenters. The minimum atomic E-state index is -1.27. The average molecular weight is 374 g/mol. The van der Waals surface area contributed by atoms with Crippen molar-refractivity contribution in [3.8, 4) is 11.1 Å². The molecule has 6 nitrogen and oxygen atoms in total. The lowest BCUT2D eigenvalue weighted by atomic mass is 9.98. The van der Waals surface area contributed by atoms with E-state index in [2.05, 4.69) is 22.4 Å². The van der Waals surface area contributed by atoms with Gasteiger partial charge in [-0.2, -0.15) is 0 Å². The number of carboxylic acid groups (broad SMARTS) is 1. The van der Waals surface area contributed by atoms with Crippen LogP contribution >= 0.6 is 0 Å². The molecule has 0 saturated heterocycles. The second-order valence-corrected chi connectivity index (χ2v) is 6.50. The van der Waals surface area contributed by atoms with Crippen LogP contribution in [0.3, 0.4) is 0 Å². The number of alkyl carbamates (subject to hydrolysis) is 1. The van der Waals surface area contributed by atoms with Gasteiger partial charge in [-0.25, -0.2) is 9.59 Å². The van der Waals surface area contributed by atoms with Crippen molar-refractivity contribution < 1.29 is 19.4 Å². The quantitative estimate of drug-likeness (QED) is 0.710. The Hall–Kier alpha value is -3.67. The third-order valence-electron chi connectivity index (χ3n) is 4.84. The summed E-state index contributed by atoms with van der Waals surface area (Å²) in [6.07, 6.45) is 0.685. The number of fused-ring (bicyclic) bond motifs is 3. The van der Waals surface area contributed by atoms with E-state index in [4.69, 9.17) is 4.74 Å². The molecule has 0 bridgehead atoms. The molecule has 0 spiro atoms. The van der Waals surface area contributed by atoms with Gasteiger partial charge in [0.05, 0.1) is 5.69 Å². The molecule has 3 aromatic rings. The summed E-state index contributed by atoms with van der Waals surface area (Å²) >= 11 is 0. The maximum Gasteiger partial charge on any atom is 0.408 e. The van der Waals surface area contributed by atoms with Gasteiger partial charge in [-0.1, -0.05) is 54.6 Å². The minimum absolute atomic E-state index is 0.0868. The summed E-state index contributed by atoms with van der Waals surface area (Å²) in [5, 5.41) is 11.8. The molecule has 1 atom stereocenters. The van der Waals surface area contributed by atoms with E-state index in [1.54, 1.807) is 18.2 Å². The van der Waals surface area contributed by atoms with E-state index < -0.39 is 18.1 Å². The monoisotopic (exact) mass is 374 g/mol. The number of nitrogens with zero attached hydrogens (tertiary/aromatic N) is 1. The summed E-state index contributed by atoms with van der Waals surface area (Å²) in [6, 6.07) is 19.6. The van der Waals surface area contributed by atoms with Crippen LogP contribution in [0.4, 0.5) is 4.79 Å². The third kappa shape index (κ3) is 3.32. The second-order valence-electron chi connectivity index (χ2n) is 6.50. The highest BCUT2D eigenvalue weighted by atomic mass is 16.5. The van der Waals surface area contributed by atoms with E-state index in [0.29, 0.717) is 0 Å². The van der Waals surface area contributed by atoms with Gasteiger partial charge in [-0.05, 0) is 34.4 Å². The number of hydrogen-bond donors (Lipinski definition) is 2. The first-order valence-electron chi connectivity index (χ1n) is 8.90. The smallest absolute Gasteiger partial charge is 0.408 e. The highest BCUT2D eigenvalue weighted by Gasteiger charge is 2.30. The minimum Gasteiger partial charge on any atom is -0.479 e. The number of hydrogen-bond acceptors (Lipinski definition) is 4.